The molecule has 0 fully saturated rings. The van der Waals surface area contributed by atoms with Crippen molar-refractivity contribution in [2.24, 2.45) is 5.73 Å². The largest absolute Gasteiger partial charge is 0.449 e. The van der Waals surface area contributed by atoms with E-state index in [0.717, 1.165) is 6.42 Å². The molecule has 0 saturated heterocycles. The average molecular weight is 155 g/mol. The van der Waals surface area contributed by atoms with Crippen molar-refractivity contribution in [3.05, 3.63) is 17.9 Å². The first-order chi connectivity index (χ1) is 5.27. The lowest BCUT2D eigenvalue weighted by Gasteiger charge is -1.94. The topological polar surface area (TPSA) is 52.3 Å². The highest BCUT2D eigenvalue weighted by molar-refractivity contribution is 5.64. The molecule has 0 bridgehead atoms. The monoisotopic (exact) mass is 155 g/mol. The van der Waals surface area contributed by atoms with Crippen LogP contribution in [0.5, 0.6) is 0 Å². The molecule has 62 valence electrons. The number of carbonyl (C=O) groups excluding carboxylic acids is 1. The Labute approximate surface area is 66.5 Å². The Morgan fingerprint density at radius 1 is 1.64 bits per heavy atom. The minimum Gasteiger partial charge on any atom is -0.449 e. The summed E-state index contributed by atoms with van der Waals surface area (Å²) in [5.41, 5.74) is 7.66. The molecule has 0 spiro atoms. The van der Waals surface area contributed by atoms with Crippen LogP contribution in [-0.4, -0.2) is 12.7 Å². The van der Waals surface area contributed by atoms with E-state index in [2.05, 4.69) is 10.5 Å². The molecule has 11 heavy (non-hydrogen) atoms. The van der Waals surface area contributed by atoms with E-state index in [1.807, 2.05) is 19.1 Å². The molecule has 0 aromatic carbocycles. The number of ether oxygens (including phenoxy) is 1. The maximum Gasteiger partial charge on any atom is 0.404 e. The fourth-order valence-electron chi connectivity index (χ4n) is 0.503. The van der Waals surface area contributed by atoms with Gasteiger partial charge in [-0.3, -0.25) is 0 Å². The fraction of sp³-hybridized carbons (Fsp3) is 0.500. The molecule has 0 unspecified atom stereocenters. The van der Waals surface area contributed by atoms with Crippen LogP contribution >= 0.6 is 0 Å². The van der Waals surface area contributed by atoms with Crippen LogP contribution in [0.1, 0.15) is 19.8 Å². The van der Waals surface area contributed by atoms with E-state index in [4.69, 9.17) is 5.73 Å². The maximum atomic E-state index is 10.0. The molecule has 3 heteroatoms. The Morgan fingerprint density at radius 2 is 2.36 bits per heavy atom. The molecule has 0 aliphatic rings. The summed E-state index contributed by atoms with van der Waals surface area (Å²) in [4.78, 5) is 10.0. The molecule has 0 radical (unpaired) electrons. The van der Waals surface area contributed by atoms with Gasteiger partial charge >= 0.3 is 6.09 Å². The van der Waals surface area contributed by atoms with Gasteiger partial charge in [0, 0.05) is 6.42 Å². The lowest BCUT2D eigenvalue weighted by Crippen LogP contribution is -2.13. The van der Waals surface area contributed by atoms with Crippen LogP contribution < -0.4 is 5.73 Å². The van der Waals surface area contributed by atoms with Gasteiger partial charge in [0.05, 0.1) is 6.61 Å². The summed E-state index contributed by atoms with van der Waals surface area (Å²) in [7, 11) is 0. The summed E-state index contributed by atoms with van der Waals surface area (Å²) in [5, 5.41) is 0. The summed E-state index contributed by atoms with van der Waals surface area (Å²) in [5.74, 6) is 0. The Morgan fingerprint density at radius 3 is 2.91 bits per heavy atom. The maximum absolute atomic E-state index is 10.0. The number of nitrogens with two attached hydrogens (primary N) is 1. The summed E-state index contributed by atoms with van der Waals surface area (Å²) in [6, 6.07) is 0. The number of rotatable bonds is 4. The van der Waals surface area contributed by atoms with Crippen LogP contribution in [0, 0.1) is 0 Å². The quantitative estimate of drug-likeness (QED) is 0.495. The normalized spacial score (nSPS) is 8.09. The summed E-state index contributed by atoms with van der Waals surface area (Å²) < 4.78 is 4.48. The van der Waals surface area contributed by atoms with Crippen molar-refractivity contribution in [2.75, 3.05) is 6.61 Å². The number of hydrogen-bond donors (Lipinski definition) is 1. The molecule has 2 N–H and O–H groups in total. The van der Waals surface area contributed by atoms with E-state index in [1.54, 1.807) is 0 Å². The zero-order valence-electron chi connectivity index (χ0n) is 6.67. The number of carbonyl (C=O) groups is 1. The molecule has 0 atom stereocenters. The van der Waals surface area contributed by atoms with Crippen molar-refractivity contribution in [3.63, 3.8) is 0 Å². The number of hydrogen-bond acceptors (Lipinski definition) is 2. The highest BCUT2D eigenvalue weighted by atomic mass is 16.5. The van der Waals surface area contributed by atoms with E-state index in [0.29, 0.717) is 13.0 Å². The van der Waals surface area contributed by atoms with Gasteiger partial charge in [0.2, 0.25) is 0 Å². The predicted molar refractivity (Wildman–Crippen MR) is 43.1 cm³/mol. The Balaban J connectivity index is 3.27. The molecule has 1 amide bonds. The molecule has 0 heterocycles. The van der Waals surface area contributed by atoms with Gasteiger partial charge in [0.1, 0.15) is 0 Å². The van der Waals surface area contributed by atoms with Gasteiger partial charge in [0.25, 0.3) is 0 Å². The van der Waals surface area contributed by atoms with Crippen molar-refractivity contribution in [3.8, 4) is 0 Å². The molecule has 0 aromatic heterocycles. The van der Waals surface area contributed by atoms with E-state index in [-0.39, 0.29) is 0 Å². The van der Waals surface area contributed by atoms with Gasteiger partial charge in [-0.1, -0.05) is 6.92 Å². The zero-order valence-corrected chi connectivity index (χ0v) is 6.67. The van der Waals surface area contributed by atoms with Crippen LogP contribution in [0.3, 0.4) is 0 Å². The zero-order chi connectivity index (χ0) is 8.53. The summed E-state index contributed by atoms with van der Waals surface area (Å²) >= 11 is 0. The van der Waals surface area contributed by atoms with Crippen molar-refractivity contribution < 1.29 is 9.53 Å². The first-order valence-electron chi connectivity index (χ1n) is 3.59. The average Bonchev–Trinajstić information content (AvgIpc) is 1.96. The first kappa shape index (κ1) is 9.79. The van der Waals surface area contributed by atoms with Gasteiger partial charge in [-0.05, 0) is 18.6 Å². The molecule has 0 aromatic rings. The van der Waals surface area contributed by atoms with Crippen LogP contribution in [0.4, 0.5) is 4.79 Å². The van der Waals surface area contributed by atoms with E-state index < -0.39 is 6.09 Å². The number of amides is 1. The highest BCUT2D eigenvalue weighted by Gasteiger charge is 1.88. The van der Waals surface area contributed by atoms with Gasteiger partial charge in [0.15, 0.2) is 0 Å². The SMILES string of the molecule is CCC=C=CCCOC(N)=O. The second-order valence-electron chi connectivity index (χ2n) is 1.94. The Kier molecular flexibility index (Phi) is 6.14. The van der Waals surface area contributed by atoms with Gasteiger partial charge in [-0.25, -0.2) is 4.79 Å². The van der Waals surface area contributed by atoms with Crippen LogP contribution in [0.25, 0.3) is 0 Å². The van der Waals surface area contributed by atoms with E-state index in [1.165, 1.54) is 0 Å². The van der Waals surface area contributed by atoms with Crippen LogP contribution in [-0.2, 0) is 4.74 Å². The van der Waals surface area contributed by atoms with E-state index in [9.17, 15) is 4.79 Å². The lowest BCUT2D eigenvalue weighted by atomic mass is 10.4. The summed E-state index contributed by atoms with van der Waals surface area (Å²) in [6.07, 6.45) is 4.63. The predicted octanol–water partition coefficient (Wildman–Crippen LogP) is 1.59. The third-order valence-electron chi connectivity index (χ3n) is 0.946. The minimum atomic E-state index is -0.724. The second kappa shape index (κ2) is 6.90. The first-order valence-corrected chi connectivity index (χ1v) is 3.59. The minimum absolute atomic E-state index is 0.333. The van der Waals surface area contributed by atoms with Gasteiger partial charge < -0.3 is 10.5 Å². The molecular weight excluding hydrogens is 142 g/mol. The fourth-order valence-corrected chi connectivity index (χ4v) is 0.503. The molecular formula is C8H13NO2. The van der Waals surface area contributed by atoms with Crippen molar-refractivity contribution in [2.45, 2.75) is 19.8 Å². The number of primary amides is 1. The highest BCUT2D eigenvalue weighted by Crippen LogP contribution is 1.84. The van der Waals surface area contributed by atoms with E-state index >= 15 is 0 Å². The molecule has 0 aliphatic heterocycles. The molecule has 0 saturated carbocycles. The Hall–Kier alpha value is -1.21. The molecule has 0 aliphatic carbocycles. The second-order valence-corrected chi connectivity index (χ2v) is 1.94. The van der Waals surface area contributed by atoms with Crippen LogP contribution in [0.2, 0.25) is 0 Å². The van der Waals surface area contributed by atoms with Crippen molar-refractivity contribution >= 4 is 6.09 Å². The van der Waals surface area contributed by atoms with Crippen molar-refractivity contribution in [1.82, 2.24) is 0 Å². The lowest BCUT2D eigenvalue weighted by molar-refractivity contribution is 0.159. The summed E-state index contributed by atoms with van der Waals surface area (Å²) in [6.45, 7) is 2.36. The standard InChI is InChI=1S/C8H13NO2/c1-2-3-4-5-6-7-11-8(9)10/h3,5H,2,6-7H2,1H3,(H2,9,10). The smallest absolute Gasteiger partial charge is 0.404 e. The van der Waals surface area contributed by atoms with Gasteiger partial charge in [-0.15, -0.1) is 5.73 Å². The van der Waals surface area contributed by atoms with Crippen molar-refractivity contribution in [1.29, 1.82) is 0 Å². The van der Waals surface area contributed by atoms with Crippen LogP contribution in [0.15, 0.2) is 17.9 Å². The Bertz CT molecular complexity index is 169. The third-order valence-corrected chi connectivity index (χ3v) is 0.946. The third kappa shape index (κ3) is 8.79. The molecule has 0 rings (SSSR count). The van der Waals surface area contributed by atoms with Gasteiger partial charge in [-0.2, -0.15) is 0 Å². The molecule has 3 nitrogen and oxygen atoms in total.